The Kier molecular flexibility index (Phi) is 4.72. The van der Waals surface area contributed by atoms with Gasteiger partial charge in [-0.15, -0.1) is 0 Å². The first-order valence-corrected chi connectivity index (χ1v) is 8.26. The molecular weight excluding hydrogens is 316 g/mol. The summed E-state index contributed by atoms with van der Waals surface area (Å²) in [5, 5.41) is 8.90. The Bertz CT molecular complexity index is 704. The summed E-state index contributed by atoms with van der Waals surface area (Å²) >= 11 is 4.54. The lowest BCUT2D eigenvalue weighted by Gasteiger charge is -2.38. The number of carbonyl (C=O) groups is 1. The molecule has 0 spiro atoms. The standard InChI is InChI=1S/C21H18O2S/c22-20(23)19(24)21(16-10-4-1-5-11-16,17-12-6-2-7-13-17)18-14-8-3-9-15-18/h1-15,19,24H,(H,22,23)/t19-/m1/s1. The van der Waals surface area contributed by atoms with Crippen molar-refractivity contribution in [2.75, 3.05) is 0 Å². The second-order valence-corrected chi connectivity index (χ2v) is 6.16. The number of rotatable bonds is 5. The van der Waals surface area contributed by atoms with Crippen LogP contribution in [0.15, 0.2) is 91.0 Å². The maximum absolute atomic E-state index is 12.0. The molecule has 3 aromatic carbocycles. The Morgan fingerprint density at radius 3 is 1.25 bits per heavy atom. The topological polar surface area (TPSA) is 37.3 Å². The van der Waals surface area contributed by atoms with Gasteiger partial charge in [-0.25, -0.2) is 0 Å². The highest BCUT2D eigenvalue weighted by molar-refractivity contribution is 7.81. The van der Waals surface area contributed by atoms with Crippen LogP contribution in [0.5, 0.6) is 0 Å². The monoisotopic (exact) mass is 334 g/mol. The van der Waals surface area contributed by atoms with Crippen molar-refractivity contribution in [1.29, 1.82) is 0 Å². The van der Waals surface area contributed by atoms with Gasteiger partial charge in [0, 0.05) is 0 Å². The zero-order valence-electron chi connectivity index (χ0n) is 13.0. The molecule has 0 unspecified atom stereocenters. The smallest absolute Gasteiger partial charge is 0.317 e. The summed E-state index contributed by atoms with van der Waals surface area (Å²) in [6, 6.07) is 29.1. The summed E-state index contributed by atoms with van der Waals surface area (Å²) in [5.74, 6) is -0.949. The highest BCUT2D eigenvalue weighted by Gasteiger charge is 2.45. The quantitative estimate of drug-likeness (QED) is 0.536. The van der Waals surface area contributed by atoms with Crippen molar-refractivity contribution in [3.63, 3.8) is 0 Å². The highest BCUT2D eigenvalue weighted by Crippen LogP contribution is 2.44. The fraction of sp³-hybridized carbons (Fsp3) is 0.0952. The molecule has 3 heteroatoms. The first-order valence-electron chi connectivity index (χ1n) is 7.75. The molecule has 24 heavy (non-hydrogen) atoms. The maximum atomic E-state index is 12.0. The molecule has 3 aromatic rings. The molecule has 3 rings (SSSR count). The third-order valence-corrected chi connectivity index (χ3v) is 4.94. The normalized spacial score (nSPS) is 12.5. The van der Waals surface area contributed by atoms with E-state index >= 15 is 0 Å². The lowest BCUT2D eigenvalue weighted by molar-refractivity contribution is -0.137. The van der Waals surface area contributed by atoms with Gasteiger partial charge >= 0.3 is 5.97 Å². The first kappa shape index (κ1) is 16.3. The highest BCUT2D eigenvalue weighted by atomic mass is 32.1. The van der Waals surface area contributed by atoms with Gasteiger partial charge in [0.2, 0.25) is 0 Å². The van der Waals surface area contributed by atoms with Crippen molar-refractivity contribution in [2.45, 2.75) is 10.7 Å². The number of benzene rings is 3. The minimum Gasteiger partial charge on any atom is -0.480 e. The molecule has 0 fully saturated rings. The molecule has 0 saturated heterocycles. The second kappa shape index (κ2) is 6.93. The van der Waals surface area contributed by atoms with Crippen molar-refractivity contribution >= 4 is 18.6 Å². The lowest BCUT2D eigenvalue weighted by atomic mass is 9.67. The Labute approximate surface area is 147 Å². The van der Waals surface area contributed by atoms with Gasteiger partial charge in [0.15, 0.2) is 0 Å². The molecule has 2 nitrogen and oxygen atoms in total. The average Bonchev–Trinajstić information content (AvgIpc) is 2.65. The maximum Gasteiger partial charge on any atom is 0.317 e. The Hall–Kier alpha value is -2.52. The van der Waals surface area contributed by atoms with E-state index in [1.54, 1.807) is 0 Å². The lowest BCUT2D eigenvalue weighted by Crippen LogP contribution is -2.43. The van der Waals surface area contributed by atoms with Crippen LogP contribution in [0.3, 0.4) is 0 Å². The van der Waals surface area contributed by atoms with E-state index in [0.29, 0.717) is 0 Å². The van der Waals surface area contributed by atoms with Crippen LogP contribution in [0.1, 0.15) is 16.7 Å². The van der Waals surface area contributed by atoms with Crippen LogP contribution in [0.25, 0.3) is 0 Å². The third kappa shape index (κ3) is 2.72. The van der Waals surface area contributed by atoms with E-state index in [0.717, 1.165) is 16.7 Å². The van der Waals surface area contributed by atoms with E-state index in [1.807, 2.05) is 91.0 Å². The Morgan fingerprint density at radius 2 is 1.00 bits per heavy atom. The van der Waals surface area contributed by atoms with Gasteiger partial charge < -0.3 is 5.11 Å². The Balaban J connectivity index is 2.39. The number of carboxylic acid groups (broad SMARTS) is 1. The van der Waals surface area contributed by atoms with Crippen molar-refractivity contribution in [2.24, 2.45) is 0 Å². The molecule has 0 aliphatic heterocycles. The molecule has 0 saturated carbocycles. The third-order valence-electron chi connectivity index (χ3n) is 4.33. The average molecular weight is 334 g/mol. The van der Waals surface area contributed by atoms with Crippen LogP contribution in [-0.4, -0.2) is 16.3 Å². The second-order valence-electron chi connectivity index (χ2n) is 5.65. The SMILES string of the molecule is O=C(O)[C@@H](S)C(c1ccccc1)(c1ccccc1)c1ccccc1. The van der Waals surface area contributed by atoms with E-state index in [-0.39, 0.29) is 0 Å². The number of carboxylic acids is 1. The predicted octanol–water partition coefficient (Wildman–Crippen LogP) is 4.40. The summed E-state index contributed by atoms with van der Waals surface area (Å²) in [7, 11) is 0. The van der Waals surface area contributed by atoms with Gasteiger partial charge in [0.25, 0.3) is 0 Å². The van der Waals surface area contributed by atoms with Gasteiger partial charge in [-0.2, -0.15) is 12.6 Å². The van der Waals surface area contributed by atoms with Crippen LogP contribution in [0.4, 0.5) is 0 Å². The van der Waals surface area contributed by atoms with E-state index in [4.69, 9.17) is 0 Å². The minimum atomic E-state index is -0.949. The van der Waals surface area contributed by atoms with Gasteiger partial charge in [0.05, 0.1) is 5.41 Å². The summed E-state index contributed by atoms with van der Waals surface area (Å²) in [5.41, 5.74) is 1.85. The largest absolute Gasteiger partial charge is 0.480 e. The summed E-state index contributed by atoms with van der Waals surface area (Å²) in [6.07, 6.45) is 0. The zero-order valence-corrected chi connectivity index (χ0v) is 13.9. The summed E-state index contributed by atoms with van der Waals surface area (Å²) in [4.78, 5) is 12.0. The van der Waals surface area contributed by atoms with Crippen LogP contribution < -0.4 is 0 Å². The number of thiol groups is 1. The zero-order chi connectivity index (χ0) is 17.0. The molecular formula is C21H18O2S. The fourth-order valence-electron chi connectivity index (χ4n) is 3.26. The van der Waals surface area contributed by atoms with E-state index in [1.165, 1.54) is 0 Å². The molecule has 0 heterocycles. The molecule has 0 radical (unpaired) electrons. The molecule has 0 aliphatic rings. The minimum absolute atomic E-state index is 0.876. The number of hydrogen-bond acceptors (Lipinski definition) is 2. The fourth-order valence-corrected chi connectivity index (χ4v) is 3.71. The van der Waals surface area contributed by atoms with Crippen LogP contribution in [0.2, 0.25) is 0 Å². The van der Waals surface area contributed by atoms with Gasteiger partial charge in [-0.3, -0.25) is 4.79 Å². The molecule has 120 valence electrons. The molecule has 0 bridgehead atoms. The Morgan fingerprint density at radius 1 is 0.708 bits per heavy atom. The number of hydrogen-bond donors (Lipinski definition) is 2. The van der Waals surface area contributed by atoms with Crippen LogP contribution in [-0.2, 0) is 10.2 Å². The molecule has 0 aliphatic carbocycles. The predicted molar refractivity (Wildman–Crippen MR) is 99.6 cm³/mol. The summed E-state index contributed by atoms with van der Waals surface area (Å²) in [6.45, 7) is 0. The number of aliphatic carboxylic acids is 1. The van der Waals surface area contributed by atoms with E-state index in [9.17, 15) is 9.90 Å². The molecule has 0 aromatic heterocycles. The first-order chi connectivity index (χ1) is 11.7. The van der Waals surface area contributed by atoms with Crippen molar-refractivity contribution < 1.29 is 9.90 Å². The van der Waals surface area contributed by atoms with E-state index < -0.39 is 16.6 Å². The van der Waals surface area contributed by atoms with Crippen LogP contribution in [0, 0.1) is 0 Å². The van der Waals surface area contributed by atoms with E-state index in [2.05, 4.69) is 12.6 Å². The van der Waals surface area contributed by atoms with Crippen molar-refractivity contribution in [1.82, 2.24) is 0 Å². The van der Waals surface area contributed by atoms with Gasteiger partial charge in [0.1, 0.15) is 5.25 Å². The van der Waals surface area contributed by atoms with Gasteiger partial charge in [-0.05, 0) is 16.7 Å². The molecule has 1 N–H and O–H groups in total. The van der Waals surface area contributed by atoms with Crippen molar-refractivity contribution in [3.05, 3.63) is 108 Å². The van der Waals surface area contributed by atoms with Crippen LogP contribution >= 0.6 is 12.6 Å². The molecule has 1 atom stereocenters. The van der Waals surface area contributed by atoms with Gasteiger partial charge in [-0.1, -0.05) is 91.0 Å². The summed E-state index contributed by atoms with van der Waals surface area (Å²) < 4.78 is 0. The van der Waals surface area contributed by atoms with Crippen molar-refractivity contribution in [3.8, 4) is 0 Å². The molecule has 0 amide bonds.